The number of ether oxygens (including phenoxy) is 1. The average molecular weight is 425 g/mol. The van der Waals surface area contributed by atoms with Crippen LogP contribution in [-0.4, -0.2) is 22.9 Å². The maximum Gasteiger partial charge on any atom is 0.340 e. The third-order valence-corrected chi connectivity index (χ3v) is 3.88. The zero-order chi connectivity index (χ0) is 16.6. The number of nitrogens with zero attached hydrogens (tertiary/aromatic N) is 2. The molecule has 0 fully saturated rings. The van der Waals surface area contributed by atoms with E-state index in [1.165, 1.54) is 19.4 Å². The van der Waals surface area contributed by atoms with Gasteiger partial charge in [-0.3, -0.25) is 0 Å². The minimum atomic E-state index is -0.723. The number of methoxy groups -OCH3 is 1. The number of nitrogens with two attached hydrogens (primary N) is 1. The van der Waals surface area contributed by atoms with Crippen LogP contribution in [0.2, 0.25) is 0 Å². The Morgan fingerprint density at radius 2 is 2.26 bits per heavy atom. The molecular formula is C15H11FIN4O2. The van der Waals surface area contributed by atoms with Crippen molar-refractivity contribution in [3.05, 3.63) is 45.9 Å². The molecule has 23 heavy (non-hydrogen) atoms. The van der Waals surface area contributed by atoms with Crippen molar-refractivity contribution in [3.63, 3.8) is 0 Å². The molecule has 3 aromatic rings. The summed E-state index contributed by atoms with van der Waals surface area (Å²) in [6, 6.07) is 8.64. The molecule has 0 spiro atoms. The number of benzene rings is 2. The summed E-state index contributed by atoms with van der Waals surface area (Å²) in [6.07, 6.45) is 1.46. The van der Waals surface area contributed by atoms with Crippen LogP contribution in [0.15, 0.2) is 30.5 Å². The maximum atomic E-state index is 14.0. The predicted octanol–water partition coefficient (Wildman–Crippen LogP) is 3.26. The number of rotatable bonds is 3. The first-order chi connectivity index (χ1) is 11.0. The van der Waals surface area contributed by atoms with Crippen molar-refractivity contribution >= 4 is 50.9 Å². The molecule has 1 aromatic heterocycles. The Kier molecular flexibility index (Phi) is 4.07. The molecule has 3 rings (SSSR count). The molecule has 8 heteroatoms. The van der Waals surface area contributed by atoms with Crippen LogP contribution in [0.25, 0.3) is 10.9 Å². The molecule has 1 heterocycles. The van der Waals surface area contributed by atoms with E-state index in [-0.39, 0.29) is 5.69 Å². The Balaban J connectivity index is 2.14. The standard InChI is InChI=1S/C15H11FIN4O2/c1-23-9-5-13(20-12-3-2-8(17)4-11(12)16)10-7-19-21(15(18)22)14(10)6-9/h2-4,6-7,20H,1H3,(H2,18,22). The van der Waals surface area contributed by atoms with E-state index in [9.17, 15) is 9.18 Å². The van der Waals surface area contributed by atoms with Gasteiger partial charge in [-0.2, -0.15) is 9.78 Å². The van der Waals surface area contributed by atoms with E-state index in [4.69, 9.17) is 10.5 Å². The van der Waals surface area contributed by atoms with Crippen LogP contribution in [0.3, 0.4) is 0 Å². The van der Waals surface area contributed by atoms with E-state index in [1.807, 2.05) is 22.6 Å². The summed E-state index contributed by atoms with van der Waals surface area (Å²) < 4.78 is 21.0. The van der Waals surface area contributed by atoms with E-state index < -0.39 is 11.8 Å². The Bertz CT molecular complexity index is 910. The molecule has 0 unspecified atom stereocenters. The Morgan fingerprint density at radius 3 is 2.91 bits per heavy atom. The molecule has 2 aromatic carbocycles. The molecule has 0 aliphatic heterocycles. The van der Waals surface area contributed by atoms with E-state index in [1.54, 1.807) is 18.2 Å². The van der Waals surface area contributed by atoms with Gasteiger partial charge in [0.15, 0.2) is 0 Å². The van der Waals surface area contributed by atoms with Crippen LogP contribution in [-0.2, 0) is 0 Å². The van der Waals surface area contributed by atoms with Crippen LogP contribution in [0.1, 0.15) is 0 Å². The zero-order valence-electron chi connectivity index (χ0n) is 11.9. The van der Waals surface area contributed by atoms with Crippen LogP contribution >= 0.6 is 22.6 Å². The largest absolute Gasteiger partial charge is 0.496 e. The van der Waals surface area contributed by atoms with Gasteiger partial charge in [-0.1, -0.05) is 0 Å². The normalized spacial score (nSPS) is 10.7. The second kappa shape index (κ2) is 6.03. The number of primary amides is 1. The molecular weight excluding hydrogens is 414 g/mol. The van der Waals surface area contributed by atoms with Gasteiger partial charge >= 0.3 is 6.03 Å². The Labute approximate surface area is 144 Å². The summed E-state index contributed by atoms with van der Waals surface area (Å²) in [5.74, 6) is -0.0301. The fourth-order valence-corrected chi connectivity index (χ4v) is 2.60. The summed E-state index contributed by atoms with van der Waals surface area (Å²) in [5, 5.41) is 7.46. The highest BCUT2D eigenvalue weighted by molar-refractivity contribution is 14.1. The number of hydrogen-bond acceptors (Lipinski definition) is 4. The quantitative estimate of drug-likeness (QED) is 0.632. The highest BCUT2D eigenvalue weighted by atomic mass is 127. The van der Waals surface area contributed by atoms with Gasteiger partial charge in [-0.15, -0.1) is 0 Å². The average Bonchev–Trinajstić information content (AvgIpc) is 2.94. The molecule has 0 aliphatic rings. The lowest BCUT2D eigenvalue weighted by Gasteiger charge is -2.11. The summed E-state index contributed by atoms with van der Waals surface area (Å²) >= 11 is 2.03. The molecule has 3 N–H and O–H groups in total. The zero-order valence-corrected chi connectivity index (χ0v) is 14.1. The van der Waals surface area contributed by atoms with Crippen LogP contribution in [0, 0.1) is 15.5 Å². The number of carbonyl (C=O) groups is 1. The van der Waals surface area contributed by atoms with E-state index in [0.717, 1.165) is 8.25 Å². The van der Waals surface area contributed by atoms with Crippen LogP contribution < -0.4 is 15.8 Å². The van der Waals surface area contributed by atoms with E-state index >= 15 is 0 Å². The Hall–Kier alpha value is -2.36. The third kappa shape index (κ3) is 2.93. The fraction of sp³-hybridized carbons (Fsp3) is 0.0667. The molecule has 117 valence electrons. The van der Waals surface area contributed by atoms with Crippen molar-refractivity contribution in [2.45, 2.75) is 0 Å². The smallest absolute Gasteiger partial charge is 0.340 e. The first-order valence-electron chi connectivity index (χ1n) is 6.49. The van der Waals surface area contributed by atoms with Gasteiger partial charge in [-0.25, -0.2) is 9.18 Å². The van der Waals surface area contributed by atoms with Crippen molar-refractivity contribution < 1.29 is 13.9 Å². The third-order valence-electron chi connectivity index (χ3n) is 3.21. The number of nitrogens with one attached hydrogen (secondary N) is 1. The van der Waals surface area contributed by atoms with Gasteiger partial charge in [0.1, 0.15) is 11.6 Å². The van der Waals surface area contributed by atoms with Crippen LogP contribution in [0.5, 0.6) is 5.75 Å². The highest BCUT2D eigenvalue weighted by Crippen LogP contribution is 2.31. The fourth-order valence-electron chi connectivity index (χ4n) is 2.15. The number of fused-ring (bicyclic) bond motifs is 1. The lowest BCUT2D eigenvalue weighted by molar-refractivity contribution is 0.248. The number of halogens is 2. The van der Waals surface area contributed by atoms with Crippen molar-refractivity contribution in [2.24, 2.45) is 5.73 Å². The van der Waals surface area contributed by atoms with Crippen LogP contribution in [0.4, 0.5) is 20.6 Å². The molecule has 1 radical (unpaired) electrons. The lowest BCUT2D eigenvalue weighted by Crippen LogP contribution is -2.20. The molecule has 1 amide bonds. The van der Waals surface area contributed by atoms with Gasteiger partial charge in [-0.05, 0) is 40.8 Å². The van der Waals surface area contributed by atoms with E-state index in [2.05, 4.69) is 16.5 Å². The number of carbonyl (C=O) groups excluding carboxylic acids is 1. The first-order valence-corrected chi connectivity index (χ1v) is 7.57. The molecule has 6 nitrogen and oxygen atoms in total. The molecule has 0 saturated heterocycles. The van der Waals surface area contributed by atoms with Gasteiger partial charge < -0.3 is 15.8 Å². The second-order valence-corrected chi connectivity index (χ2v) is 5.90. The van der Waals surface area contributed by atoms with Crippen molar-refractivity contribution in [3.8, 4) is 5.75 Å². The van der Waals surface area contributed by atoms with Gasteiger partial charge in [0.2, 0.25) is 0 Å². The monoisotopic (exact) mass is 425 g/mol. The summed E-state index contributed by atoms with van der Waals surface area (Å²) in [6.45, 7) is 0. The first kappa shape index (κ1) is 15.5. The molecule has 0 saturated carbocycles. The predicted molar refractivity (Wildman–Crippen MR) is 92.5 cm³/mol. The van der Waals surface area contributed by atoms with Gasteiger partial charge in [0.25, 0.3) is 0 Å². The summed E-state index contributed by atoms with van der Waals surface area (Å²) in [4.78, 5) is 11.4. The van der Waals surface area contributed by atoms with Gasteiger partial charge in [0.05, 0.1) is 36.3 Å². The van der Waals surface area contributed by atoms with Crippen molar-refractivity contribution in [2.75, 3.05) is 12.4 Å². The number of hydrogen-bond donors (Lipinski definition) is 2. The van der Waals surface area contributed by atoms with Gasteiger partial charge in [0, 0.05) is 15.0 Å². The minimum absolute atomic E-state index is 0.281. The number of aromatic nitrogens is 2. The van der Waals surface area contributed by atoms with E-state index in [0.29, 0.717) is 22.3 Å². The second-order valence-electron chi connectivity index (χ2n) is 4.66. The summed E-state index contributed by atoms with van der Waals surface area (Å²) in [7, 11) is 1.47. The van der Waals surface area contributed by atoms with Crippen molar-refractivity contribution in [1.29, 1.82) is 0 Å². The molecule has 0 atom stereocenters. The Morgan fingerprint density at radius 1 is 1.48 bits per heavy atom. The lowest BCUT2D eigenvalue weighted by atomic mass is 10.2. The number of amides is 1. The van der Waals surface area contributed by atoms with Crippen molar-refractivity contribution in [1.82, 2.24) is 9.78 Å². The maximum absolute atomic E-state index is 14.0. The topological polar surface area (TPSA) is 82.2 Å². The SMILES string of the molecule is COc1[c]c(Nc2ccc(I)cc2F)c2cnn(C(N)=O)c2c1. The molecule has 0 bridgehead atoms. The summed E-state index contributed by atoms with van der Waals surface area (Å²) in [5.41, 5.74) is 6.45. The number of anilines is 2. The highest BCUT2D eigenvalue weighted by Gasteiger charge is 2.14. The molecule has 0 aliphatic carbocycles. The minimum Gasteiger partial charge on any atom is -0.496 e.